The number of carbonyl (C=O) groups excluding carboxylic acids is 1. The second-order valence-corrected chi connectivity index (χ2v) is 6.19. The van der Waals surface area contributed by atoms with Crippen LogP contribution in [0.15, 0.2) is 42.7 Å². The predicted octanol–water partition coefficient (Wildman–Crippen LogP) is 4.42. The van der Waals surface area contributed by atoms with Gasteiger partial charge in [0.15, 0.2) is 0 Å². The molecule has 3 aromatic rings. The first-order chi connectivity index (χ1) is 13.2. The Bertz CT molecular complexity index is 1010. The van der Waals surface area contributed by atoms with Gasteiger partial charge in [0.2, 0.25) is 5.88 Å². The summed E-state index contributed by atoms with van der Waals surface area (Å²) in [7, 11) is 3.10. The van der Waals surface area contributed by atoms with Gasteiger partial charge in [0.25, 0.3) is 5.91 Å². The third-order valence-corrected chi connectivity index (χ3v) is 4.18. The number of alkyl halides is 3. The van der Waals surface area contributed by atoms with Crippen molar-refractivity contribution >= 4 is 23.2 Å². The molecule has 0 aliphatic heterocycles. The SMILES string of the molecule is COc1ncc(NC(=O)c2cccc(C(F)(F)F)c2)cc1-c1c(Cl)cnn1C. The van der Waals surface area contributed by atoms with E-state index in [-0.39, 0.29) is 17.1 Å². The molecule has 1 aromatic carbocycles. The number of nitrogens with zero attached hydrogens (tertiary/aromatic N) is 3. The van der Waals surface area contributed by atoms with Gasteiger partial charge in [-0.25, -0.2) is 4.98 Å². The number of halogens is 4. The van der Waals surface area contributed by atoms with Gasteiger partial charge >= 0.3 is 6.18 Å². The lowest BCUT2D eigenvalue weighted by Crippen LogP contribution is -2.14. The zero-order valence-corrected chi connectivity index (χ0v) is 15.5. The summed E-state index contributed by atoms with van der Waals surface area (Å²) < 4.78 is 45.3. The van der Waals surface area contributed by atoms with Gasteiger partial charge in [-0.2, -0.15) is 18.3 Å². The highest BCUT2D eigenvalue weighted by molar-refractivity contribution is 6.33. The largest absolute Gasteiger partial charge is 0.481 e. The minimum Gasteiger partial charge on any atom is -0.481 e. The number of aryl methyl sites for hydroxylation is 1. The quantitative estimate of drug-likeness (QED) is 0.691. The Morgan fingerprint density at radius 3 is 2.61 bits per heavy atom. The van der Waals surface area contributed by atoms with Gasteiger partial charge in [-0.05, 0) is 24.3 Å². The number of benzene rings is 1. The van der Waals surface area contributed by atoms with Crippen LogP contribution in [0.2, 0.25) is 5.02 Å². The summed E-state index contributed by atoms with van der Waals surface area (Å²) in [5.41, 5.74) is 0.201. The van der Waals surface area contributed by atoms with Crippen molar-refractivity contribution in [2.24, 2.45) is 7.05 Å². The van der Waals surface area contributed by atoms with Gasteiger partial charge in [-0.15, -0.1) is 0 Å². The Morgan fingerprint density at radius 1 is 1.25 bits per heavy atom. The van der Waals surface area contributed by atoms with Crippen molar-refractivity contribution in [2.75, 3.05) is 12.4 Å². The number of nitrogens with one attached hydrogen (secondary N) is 1. The van der Waals surface area contributed by atoms with E-state index in [1.807, 2.05) is 0 Å². The van der Waals surface area contributed by atoms with E-state index in [9.17, 15) is 18.0 Å². The fourth-order valence-corrected chi connectivity index (χ4v) is 2.87. The van der Waals surface area contributed by atoms with E-state index in [0.717, 1.165) is 12.1 Å². The normalized spacial score (nSPS) is 11.4. The Hall–Kier alpha value is -3.07. The number of aromatic nitrogens is 3. The molecule has 10 heteroatoms. The van der Waals surface area contributed by atoms with Crippen LogP contribution in [0.25, 0.3) is 11.3 Å². The Kier molecular flexibility index (Phi) is 5.28. The maximum atomic E-state index is 12.9. The minimum atomic E-state index is -4.54. The number of hydrogen-bond donors (Lipinski definition) is 1. The second-order valence-electron chi connectivity index (χ2n) is 5.78. The Labute approximate surface area is 162 Å². The summed E-state index contributed by atoms with van der Waals surface area (Å²) in [6.07, 6.45) is -1.76. The average Bonchev–Trinajstić information content (AvgIpc) is 2.99. The van der Waals surface area contributed by atoms with Crippen molar-refractivity contribution in [1.82, 2.24) is 14.8 Å². The first-order valence-electron chi connectivity index (χ1n) is 7.91. The summed E-state index contributed by atoms with van der Waals surface area (Å²) in [5.74, 6) is -0.456. The number of pyridine rings is 1. The zero-order valence-electron chi connectivity index (χ0n) is 14.7. The third kappa shape index (κ3) is 3.94. The number of amides is 1. The molecule has 1 N–H and O–H groups in total. The van der Waals surface area contributed by atoms with Gasteiger partial charge in [0.1, 0.15) is 0 Å². The van der Waals surface area contributed by atoms with Crippen molar-refractivity contribution in [1.29, 1.82) is 0 Å². The van der Waals surface area contributed by atoms with Gasteiger partial charge in [0.05, 0.1) is 47.0 Å². The molecule has 3 rings (SSSR count). The molecule has 28 heavy (non-hydrogen) atoms. The first-order valence-corrected chi connectivity index (χ1v) is 8.29. The lowest BCUT2D eigenvalue weighted by Gasteiger charge is -2.12. The van der Waals surface area contributed by atoms with Crippen LogP contribution in [0, 0.1) is 0 Å². The van der Waals surface area contributed by atoms with Crippen molar-refractivity contribution in [3.63, 3.8) is 0 Å². The highest BCUT2D eigenvalue weighted by atomic mass is 35.5. The van der Waals surface area contributed by atoms with Gasteiger partial charge < -0.3 is 10.1 Å². The van der Waals surface area contributed by atoms with E-state index in [0.29, 0.717) is 16.3 Å². The smallest absolute Gasteiger partial charge is 0.416 e. The molecule has 2 heterocycles. The van der Waals surface area contributed by atoms with E-state index in [4.69, 9.17) is 16.3 Å². The van der Waals surface area contributed by atoms with Crippen LogP contribution in [0.4, 0.5) is 18.9 Å². The molecule has 1 amide bonds. The first kappa shape index (κ1) is 19.7. The number of rotatable bonds is 4. The van der Waals surface area contributed by atoms with Gasteiger partial charge in [-0.3, -0.25) is 9.48 Å². The monoisotopic (exact) mass is 410 g/mol. The van der Waals surface area contributed by atoms with Crippen LogP contribution in [0.5, 0.6) is 5.88 Å². The lowest BCUT2D eigenvalue weighted by atomic mass is 10.1. The molecule has 0 atom stereocenters. The van der Waals surface area contributed by atoms with Gasteiger partial charge in [-0.1, -0.05) is 17.7 Å². The molecule has 0 aliphatic rings. The van der Waals surface area contributed by atoms with E-state index < -0.39 is 17.6 Å². The highest BCUT2D eigenvalue weighted by Gasteiger charge is 2.31. The fraction of sp³-hybridized carbons (Fsp3) is 0.167. The lowest BCUT2D eigenvalue weighted by molar-refractivity contribution is -0.137. The molecule has 6 nitrogen and oxygen atoms in total. The molecule has 0 saturated carbocycles. The van der Waals surface area contributed by atoms with Crippen LogP contribution in [0.3, 0.4) is 0 Å². The van der Waals surface area contributed by atoms with E-state index in [2.05, 4.69) is 15.4 Å². The molecule has 0 unspecified atom stereocenters. The standard InChI is InChI=1S/C18H14ClF3N4O2/c1-26-15(14(19)9-24-26)13-7-12(8-23-17(13)28-2)25-16(27)10-4-3-5-11(6-10)18(20,21)22/h3-9H,1-2H3,(H,25,27). The molecule has 0 spiro atoms. The summed E-state index contributed by atoms with van der Waals surface area (Å²) >= 11 is 6.16. The Balaban J connectivity index is 1.93. The number of hydrogen-bond acceptors (Lipinski definition) is 4. The van der Waals surface area contributed by atoms with Crippen molar-refractivity contribution in [3.8, 4) is 17.1 Å². The summed E-state index contributed by atoms with van der Waals surface area (Å²) in [6.45, 7) is 0. The van der Waals surface area contributed by atoms with Gasteiger partial charge in [0, 0.05) is 12.6 Å². The third-order valence-electron chi connectivity index (χ3n) is 3.90. The maximum Gasteiger partial charge on any atom is 0.416 e. The molecular formula is C18H14ClF3N4O2. The highest BCUT2D eigenvalue weighted by Crippen LogP contribution is 2.35. The predicted molar refractivity (Wildman–Crippen MR) is 97.4 cm³/mol. The van der Waals surface area contributed by atoms with Crippen molar-refractivity contribution < 1.29 is 22.7 Å². The fourth-order valence-electron chi connectivity index (χ4n) is 2.61. The molecule has 0 bridgehead atoms. The number of methoxy groups -OCH3 is 1. The number of anilines is 1. The molecule has 0 aliphatic carbocycles. The number of carbonyl (C=O) groups is 1. The molecular weight excluding hydrogens is 397 g/mol. The molecule has 2 aromatic heterocycles. The summed E-state index contributed by atoms with van der Waals surface area (Å²) in [4.78, 5) is 16.5. The average molecular weight is 411 g/mol. The second kappa shape index (κ2) is 7.51. The molecule has 0 fully saturated rings. The van der Waals surface area contributed by atoms with Crippen LogP contribution < -0.4 is 10.1 Å². The molecule has 0 radical (unpaired) electrons. The Morgan fingerprint density at radius 2 is 2.00 bits per heavy atom. The topological polar surface area (TPSA) is 69.0 Å². The molecule has 146 valence electrons. The maximum absolute atomic E-state index is 12.9. The summed E-state index contributed by atoms with van der Waals surface area (Å²) in [6, 6.07) is 5.70. The van der Waals surface area contributed by atoms with Crippen LogP contribution >= 0.6 is 11.6 Å². The van der Waals surface area contributed by atoms with Crippen molar-refractivity contribution in [2.45, 2.75) is 6.18 Å². The number of ether oxygens (including phenoxy) is 1. The van der Waals surface area contributed by atoms with E-state index >= 15 is 0 Å². The molecule has 0 saturated heterocycles. The zero-order chi connectivity index (χ0) is 20.5. The minimum absolute atomic E-state index is 0.134. The van der Waals surface area contributed by atoms with Crippen LogP contribution in [-0.4, -0.2) is 27.8 Å². The van der Waals surface area contributed by atoms with E-state index in [1.165, 1.54) is 36.3 Å². The van der Waals surface area contributed by atoms with Crippen molar-refractivity contribution in [3.05, 3.63) is 58.9 Å². The van der Waals surface area contributed by atoms with Crippen LogP contribution in [0.1, 0.15) is 15.9 Å². The summed E-state index contributed by atoms with van der Waals surface area (Å²) in [5, 5.41) is 6.93. The van der Waals surface area contributed by atoms with E-state index in [1.54, 1.807) is 13.1 Å². The van der Waals surface area contributed by atoms with Crippen LogP contribution in [-0.2, 0) is 13.2 Å².